The van der Waals surface area contributed by atoms with Gasteiger partial charge in [0.15, 0.2) is 5.05 Å². The Hall–Kier alpha value is -0.0200. The SMILES string of the molecule is CCOC(=S)C(C)(C)C=S. The molecule has 0 saturated carbocycles. The summed E-state index contributed by atoms with van der Waals surface area (Å²) in [4.78, 5) is 0. The average molecular weight is 176 g/mol. The van der Waals surface area contributed by atoms with Crippen LogP contribution in [0.2, 0.25) is 0 Å². The van der Waals surface area contributed by atoms with E-state index in [2.05, 4.69) is 0 Å². The highest BCUT2D eigenvalue weighted by Crippen LogP contribution is 2.15. The summed E-state index contributed by atoms with van der Waals surface area (Å²) in [7, 11) is 0. The molecular formula is C7H12OS2. The third kappa shape index (κ3) is 2.71. The smallest absolute Gasteiger partial charge is 0.169 e. The van der Waals surface area contributed by atoms with Crippen LogP contribution in [0.3, 0.4) is 0 Å². The van der Waals surface area contributed by atoms with Gasteiger partial charge in [0.25, 0.3) is 0 Å². The molecule has 0 aromatic rings. The molecule has 0 heterocycles. The van der Waals surface area contributed by atoms with Crippen molar-refractivity contribution in [2.24, 2.45) is 5.41 Å². The van der Waals surface area contributed by atoms with Gasteiger partial charge >= 0.3 is 0 Å². The summed E-state index contributed by atoms with van der Waals surface area (Å²) in [6.07, 6.45) is 0. The van der Waals surface area contributed by atoms with Gasteiger partial charge in [-0.3, -0.25) is 0 Å². The van der Waals surface area contributed by atoms with Crippen LogP contribution in [-0.4, -0.2) is 17.0 Å². The fourth-order valence-electron chi connectivity index (χ4n) is 0.365. The molecule has 0 radical (unpaired) electrons. The highest BCUT2D eigenvalue weighted by atomic mass is 32.1. The molecule has 0 spiro atoms. The maximum atomic E-state index is 5.13. The number of hydrogen-bond donors (Lipinski definition) is 0. The van der Waals surface area contributed by atoms with E-state index in [1.807, 2.05) is 20.8 Å². The Morgan fingerprint density at radius 2 is 2.10 bits per heavy atom. The summed E-state index contributed by atoms with van der Waals surface area (Å²) < 4.78 is 5.13. The van der Waals surface area contributed by atoms with Crippen molar-refractivity contribution in [2.45, 2.75) is 20.8 Å². The van der Waals surface area contributed by atoms with E-state index in [9.17, 15) is 0 Å². The maximum absolute atomic E-state index is 5.13. The van der Waals surface area contributed by atoms with E-state index < -0.39 is 0 Å². The molecule has 0 aliphatic heterocycles. The van der Waals surface area contributed by atoms with Crippen LogP contribution in [0.15, 0.2) is 0 Å². The van der Waals surface area contributed by atoms with Crippen molar-refractivity contribution in [3.8, 4) is 0 Å². The minimum atomic E-state index is -0.249. The second-order valence-corrected chi connectivity index (χ2v) is 3.17. The minimum Gasteiger partial charge on any atom is -0.486 e. The molecule has 0 aliphatic carbocycles. The van der Waals surface area contributed by atoms with E-state index in [1.165, 1.54) is 0 Å². The second-order valence-electron chi connectivity index (χ2n) is 2.56. The van der Waals surface area contributed by atoms with Crippen LogP contribution in [0.25, 0.3) is 0 Å². The zero-order valence-corrected chi connectivity index (χ0v) is 8.14. The largest absolute Gasteiger partial charge is 0.486 e. The summed E-state index contributed by atoms with van der Waals surface area (Å²) in [5.41, 5.74) is -0.249. The molecule has 0 rings (SSSR count). The first-order chi connectivity index (χ1) is 4.54. The van der Waals surface area contributed by atoms with E-state index in [4.69, 9.17) is 29.2 Å². The van der Waals surface area contributed by atoms with E-state index in [0.717, 1.165) is 0 Å². The molecule has 0 amide bonds. The zero-order valence-electron chi connectivity index (χ0n) is 6.51. The van der Waals surface area contributed by atoms with Crippen molar-refractivity contribution in [3.63, 3.8) is 0 Å². The molecule has 10 heavy (non-hydrogen) atoms. The summed E-state index contributed by atoms with van der Waals surface area (Å²) in [6, 6.07) is 0. The van der Waals surface area contributed by atoms with Crippen molar-refractivity contribution < 1.29 is 4.74 Å². The minimum absolute atomic E-state index is 0.249. The lowest BCUT2D eigenvalue weighted by Gasteiger charge is -2.19. The van der Waals surface area contributed by atoms with Gasteiger partial charge in [0.05, 0.1) is 12.0 Å². The molecule has 0 aliphatic rings. The normalized spacial score (nSPS) is 10.7. The Balaban J connectivity index is 4.04. The van der Waals surface area contributed by atoms with Crippen LogP contribution < -0.4 is 0 Å². The van der Waals surface area contributed by atoms with Crippen LogP contribution in [-0.2, 0) is 4.74 Å². The van der Waals surface area contributed by atoms with Crippen molar-refractivity contribution in [3.05, 3.63) is 0 Å². The van der Waals surface area contributed by atoms with Crippen LogP contribution in [0.5, 0.6) is 0 Å². The Morgan fingerprint density at radius 3 is 2.40 bits per heavy atom. The van der Waals surface area contributed by atoms with Crippen LogP contribution in [0, 0.1) is 5.41 Å². The summed E-state index contributed by atoms with van der Waals surface area (Å²) in [5.74, 6) is 0. The van der Waals surface area contributed by atoms with Gasteiger partial charge in [-0.25, -0.2) is 0 Å². The van der Waals surface area contributed by atoms with E-state index >= 15 is 0 Å². The van der Waals surface area contributed by atoms with Gasteiger partial charge in [0, 0.05) is 0 Å². The maximum Gasteiger partial charge on any atom is 0.169 e. The van der Waals surface area contributed by atoms with Crippen molar-refractivity contribution in [1.82, 2.24) is 0 Å². The van der Waals surface area contributed by atoms with E-state index in [0.29, 0.717) is 11.7 Å². The zero-order chi connectivity index (χ0) is 8.20. The fraction of sp³-hybridized carbons (Fsp3) is 0.714. The first kappa shape index (κ1) is 9.98. The molecule has 0 bridgehead atoms. The van der Waals surface area contributed by atoms with Gasteiger partial charge < -0.3 is 4.74 Å². The molecule has 0 fully saturated rings. The van der Waals surface area contributed by atoms with Gasteiger partial charge in [0.1, 0.15) is 0 Å². The third-order valence-corrected chi connectivity index (χ3v) is 2.33. The Labute approximate surface area is 72.8 Å². The van der Waals surface area contributed by atoms with Crippen LogP contribution in [0.1, 0.15) is 20.8 Å². The van der Waals surface area contributed by atoms with Crippen molar-refractivity contribution in [1.29, 1.82) is 0 Å². The predicted octanol–water partition coefficient (Wildman–Crippen LogP) is 2.38. The summed E-state index contributed by atoms with van der Waals surface area (Å²) in [6.45, 7) is 6.41. The second kappa shape index (κ2) is 3.98. The predicted molar refractivity (Wildman–Crippen MR) is 51.7 cm³/mol. The molecule has 0 aromatic carbocycles. The third-order valence-electron chi connectivity index (χ3n) is 1.10. The average Bonchev–Trinajstić information content (AvgIpc) is 1.89. The number of ether oxygens (including phenoxy) is 1. The van der Waals surface area contributed by atoms with Gasteiger partial charge in [-0.15, -0.1) is 0 Å². The molecule has 0 aromatic heterocycles. The Kier molecular flexibility index (Phi) is 3.98. The Bertz CT molecular complexity index is 141. The highest BCUT2D eigenvalue weighted by Gasteiger charge is 2.21. The molecule has 3 heteroatoms. The summed E-state index contributed by atoms with van der Waals surface area (Å²) >= 11 is 9.75. The van der Waals surface area contributed by atoms with Gasteiger partial charge in [0.2, 0.25) is 0 Å². The molecular weight excluding hydrogens is 164 g/mol. The topological polar surface area (TPSA) is 9.23 Å². The van der Waals surface area contributed by atoms with Crippen LogP contribution in [0.4, 0.5) is 0 Å². The lowest BCUT2D eigenvalue weighted by atomic mass is 9.98. The number of thiocarbonyl (C=S) groups is 2. The van der Waals surface area contributed by atoms with Gasteiger partial charge in [-0.05, 0) is 38.4 Å². The van der Waals surface area contributed by atoms with Crippen LogP contribution >= 0.6 is 24.4 Å². The number of hydrogen-bond acceptors (Lipinski definition) is 3. The molecule has 0 N–H and O–H groups in total. The standard InChI is InChI=1S/C7H12OS2/c1-4-8-6(10)7(2,3)5-9/h5H,4H2,1-3H3. The van der Waals surface area contributed by atoms with Crippen molar-refractivity contribution >= 4 is 34.9 Å². The quantitative estimate of drug-likeness (QED) is 0.611. The molecule has 58 valence electrons. The monoisotopic (exact) mass is 176 g/mol. The van der Waals surface area contributed by atoms with E-state index in [-0.39, 0.29) is 5.41 Å². The van der Waals surface area contributed by atoms with Gasteiger partial charge in [-0.1, -0.05) is 12.2 Å². The number of rotatable bonds is 3. The summed E-state index contributed by atoms with van der Waals surface area (Å²) in [5, 5.41) is 2.20. The molecule has 0 atom stereocenters. The molecule has 0 unspecified atom stereocenters. The molecule has 1 nitrogen and oxygen atoms in total. The lowest BCUT2D eigenvalue weighted by Crippen LogP contribution is -2.25. The van der Waals surface area contributed by atoms with Crippen molar-refractivity contribution in [2.75, 3.05) is 6.61 Å². The van der Waals surface area contributed by atoms with Gasteiger partial charge in [-0.2, -0.15) is 0 Å². The lowest BCUT2D eigenvalue weighted by molar-refractivity contribution is 0.308. The molecule has 0 saturated heterocycles. The fourth-order valence-corrected chi connectivity index (χ4v) is 0.724. The highest BCUT2D eigenvalue weighted by molar-refractivity contribution is 7.81. The first-order valence-corrected chi connectivity index (χ1v) is 4.06. The first-order valence-electron chi connectivity index (χ1n) is 3.18. The van der Waals surface area contributed by atoms with E-state index in [1.54, 1.807) is 5.37 Å². The Morgan fingerprint density at radius 1 is 1.60 bits per heavy atom.